The zero-order valence-corrected chi connectivity index (χ0v) is 15.6. The van der Waals surface area contributed by atoms with E-state index in [2.05, 4.69) is 69.2 Å². The number of pyridine rings is 1. The Bertz CT molecular complexity index is 1460. The summed E-state index contributed by atoms with van der Waals surface area (Å²) in [6, 6.07) is 28.9. The molecule has 0 spiro atoms. The fourth-order valence-corrected chi connectivity index (χ4v) is 4.64. The summed E-state index contributed by atoms with van der Waals surface area (Å²) in [5.74, 6) is 0.850. The number of fused-ring (bicyclic) bond motifs is 4. The molecule has 0 aliphatic heterocycles. The average molecular weight is 378 g/mol. The fourth-order valence-electron chi connectivity index (χ4n) is 3.67. The molecule has 0 aliphatic carbocycles. The summed E-state index contributed by atoms with van der Waals surface area (Å²) in [6.45, 7) is 0. The first kappa shape index (κ1) is 15.5. The Labute approximate surface area is 164 Å². The van der Waals surface area contributed by atoms with E-state index in [1.807, 2.05) is 30.3 Å². The van der Waals surface area contributed by atoms with Gasteiger partial charge in [-0.1, -0.05) is 72.0 Å². The van der Waals surface area contributed by atoms with Crippen LogP contribution in [0, 0.1) is 0 Å². The number of rotatable bonds is 2. The lowest BCUT2D eigenvalue weighted by molar-refractivity contribution is 1.12. The number of aromatic nitrogens is 4. The summed E-state index contributed by atoms with van der Waals surface area (Å²) in [7, 11) is 0. The Balaban J connectivity index is 1.72. The van der Waals surface area contributed by atoms with Gasteiger partial charge in [0.15, 0.2) is 5.82 Å². The molecular formula is C23H14N4S. The molecule has 3 aromatic carbocycles. The minimum Gasteiger partial charge on any atom is -0.265 e. The van der Waals surface area contributed by atoms with Crippen molar-refractivity contribution >= 4 is 37.4 Å². The van der Waals surface area contributed by atoms with E-state index in [4.69, 9.17) is 4.98 Å². The van der Waals surface area contributed by atoms with Crippen LogP contribution in [0.5, 0.6) is 0 Å². The first-order chi connectivity index (χ1) is 13.9. The highest BCUT2D eigenvalue weighted by atomic mass is 32.1. The topological polar surface area (TPSA) is 43.1 Å². The molecule has 4 nitrogen and oxygen atoms in total. The maximum Gasteiger partial charge on any atom is 0.217 e. The molecule has 132 valence electrons. The maximum absolute atomic E-state index is 4.89. The normalized spacial score (nSPS) is 11.6. The molecule has 0 unspecified atom stereocenters. The van der Waals surface area contributed by atoms with Crippen LogP contribution < -0.4 is 0 Å². The van der Waals surface area contributed by atoms with Crippen LogP contribution in [0.3, 0.4) is 0 Å². The number of benzene rings is 3. The van der Waals surface area contributed by atoms with Gasteiger partial charge in [-0.3, -0.25) is 4.40 Å². The predicted molar refractivity (Wildman–Crippen MR) is 115 cm³/mol. The zero-order chi connectivity index (χ0) is 18.5. The van der Waals surface area contributed by atoms with Crippen LogP contribution in [0.2, 0.25) is 0 Å². The summed E-state index contributed by atoms with van der Waals surface area (Å²) in [5, 5.41) is 10.1. The Morgan fingerprint density at radius 2 is 1.54 bits per heavy atom. The van der Waals surface area contributed by atoms with Crippen LogP contribution in [0.25, 0.3) is 48.7 Å². The van der Waals surface area contributed by atoms with Crippen LogP contribution >= 0.6 is 11.3 Å². The first-order valence-electron chi connectivity index (χ1n) is 9.07. The quantitative estimate of drug-likeness (QED) is 0.381. The fraction of sp³-hybridized carbons (Fsp3) is 0. The van der Waals surface area contributed by atoms with E-state index in [9.17, 15) is 0 Å². The minimum atomic E-state index is 0.850. The lowest BCUT2D eigenvalue weighted by Crippen LogP contribution is -1.93. The number of hydrogen-bond acceptors (Lipinski definition) is 4. The molecule has 6 rings (SSSR count). The van der Waals surface area contributed by atoms with Gasteiger partial charge in [0.25, 0.3) is 0 Å². The van der Waals surface area contributed by atoms with Crippen molar-refractivity contribution in [2.45, 2.75) is 0 Å². The molecule has 0 saturated heterocycles. The van der Waals surface area contributed by atoms with Gasteiger partial charge < -0.3 is 0 Å². The monoisotopic (exact) mass is 378 g/mol. The second-order valence-corrected chi connectivity index (χ2v) is 7.66. The third-order valence-corrected chi connectivity index (χ3v) is 5.98. The van der Waals surface area contributed by atoms with Gasteiger partial charge in [-0.25, -0.2) is 4.98 Å². The van der Waals surface area contributed by atoms with Crippen LogP contribution in [0.4, 0.5) is 0 Å². The Morgan fingerprint density at radius 3 is 2.46 bits per heavy atom. The molecule has 3 heterocycles. The molecule has 3 aromatic heterocycles. The van der Waals surface area contributed by atoms with Gasteiger partial charge in [-0.15, -0.1) is 10.2 Å². The number of hydrogen-bond donors (Lipinski definition) is 0. The third kappa shape index (κ3) is 2.27. The van der Waals surface area contributed by atoms with Gasteiger partial charge in [0.1, 0.15) is 0 Å². The van der Waals surface area contributed by atoms with E-state index in [1.165, 1.54) is 4.70 Å². The first-order valence-corrected chi connectivity index (χ1v) is 9.88. The third-order valence-electron chi connectivity index (χ3n) is 4.97. The number of para-hydroxylation sites is 2. The molecule has 0 bridgehead atoms. The Morgan fingerprint density at radius 1 is 0.750 bits per heavy atom. The van der Waals surface area contributed by atoms with Crippen LogP contribution in [0.15, 0.2) is 84.9 Å². The second kappa shape index (κ2) is 5.97. The number of nitrogens with zero attached hydrogens (tertiary/aromatic N) is 4. The molecule has 0 aliphatic rings. The molecule has 0 N–H and O–H groups in total. The van der Waals surface area contributed by atoms with Crippen molar-refractivity contribution in [2.75, 3.05) is 0 Å². The lowest BCUT2D eigenvalue weighted by atomic mass is 10.0. The van der Waals surface area contributed by atoms with Crippen molar-refractivity contribution in [2.24, 2.45) is 0 Å². The average Bonchev–Trinajstić information content (AvgIpc) is 3.33. The summed E-state index contributed by atoms with van der Waals surface area (Å²) in [5.41, 5.74) is 5.15. The highest BCUT2D eigenvalue weighted by Gasteiger charge is 2.17. The van der Waals surface area contributed by atoms with Crippen LogP contribution in [0.1, 0.15) is 0 Å². The largest absolute Gasteiger partial charge is 0.265 e. The smallest absolute Gasteiger partial charge is 0.217 e. The van der Waals surface area contributed by atoms with Gasteiger partial charge in [0, 0.05) is 16.5 Å². The predicted octanol–water partition coefficient (Wildman–Crippen LogP) is 5.83. The van der Waals surface area contributed by atoms with E-state index in [-0.39, 0.29) is 0 Å². The zero-order valence-electron chi connectivity index (χ0n) is 14.8. The van der Waals surface area contributed by atoms with Crippen molar-refractivity contribution in [1.29, 1.82) is 0 Å². The summed E-state index contributed by atoms with van der Waals surface area (Å²) >= 11 is 1.66. The highest BCUT2D eigenvalue weighted by molar-refractivity contribution is 7.23. The molecule has 0 atom stereocenters. The van der Waals surface area contributed by atoms with Crippen LogP contribution in [-0.2, 0) is 0 Å². The molecular weight excluding hydrogens is 364 g/mol. The van der Waals surface area contributed by atoms with E-state index in [0.717, 1.165) is 44.0 Å². The Kier molecular flexibility index (Phi) is 3.30. The molecule has 6 aromatic rings. The SMILES string of the molecule is c1ccc(-c2cc(-c3nnc4sc5ccccc5n34)c3ccccc3n2)cc1. The minimum absolute atomic E-state index is 0.850. The van der Waals surface area contributed by atoms with Crippen LogP contribution in [-0.4, -0.2) is 19.6 Å². The van der Waals surface area contributed by atoms with Crippen molar-refractivity contribution in [1.82, 2.24) is 19.6 Å². The Hall–Kier alpha value is -3.57. The van der Waals surface area contributed by atoms with E-state index in [1.54, 1.807) is 11.3 Å². The summed E-state index contributed by atoms with van der Waals surface area (Å²) in [4.78, 5) is 5.79. The van der Waals surface area contributed by atoms with Gasteiger partial charge in [-0.05, 0) is 24.3 Å². The highest BCUT2D eigenvalue weighted by Crippen LogP contribution is 2.34. The van der Waals surface area contributed by atoms with Crippen molar-refractivity contribution in [3.8, 4) is 22.6 Å². The standard InChI is InChI=1S/C23H14N4S/c1-2-8-15(9-3-1)19-14-17(16-10-4-5-11-18(16)24-19)22-25-26-23-27(22)20-12-6-7-13-21(20)28-23/h1-14H. The second-order valence-electron chi connectivity index (χ2n) is 6.65. The molecule has 28 heavy (non-hydrogen) atoms. The lowest BCUT2D eigenvalue weighted by Gasteiger charge is -2.09. The van der Waals surface area contributed by atoms with Gasteiger partial charge in [0.05, 0.1) is 21.4 Å². The number of thiazole rings is 1. The molecule has 0 saturated carbocycles. The molecule has 0 fully saturated rings. The summed E-state index contributed by atoms with van der Waals surface area (Å²) in [6.07, 6.45) is 0. The molecule has 5 heteroatoms. The van der Waals surface area contributed by atoms with Gasteiger partial charge in [-0.2, -0.15) is 0 Å². The van der Waals surface area contributed by atoms with E-state index in [0.29, 0.717) is 0 Å². The van der Waals surface area contributed by atoms with Crippen molar-refractivity contribution in [3.63, 3.8) is 0 Å². The summed E-state index contributed by atoms with van der Waals surface area (Å²) < 4.78 is 3.35. The van der Waals surface area contributed by atoms with Crippen molar-refractivity contribution < 1.29 is 0 Å². The van der Waals surface area contributed by atoms with E-state index >= 15 is 0 Å². The maximum atomic E-state index is 4.89. The van der Waals surface area contributed by atoms with Crippen molar-refractivity contribution in [3.05, 3.63) is 84.9 Å². The molecule has 0 radical (unpaired) electrons. The van der Waals surface area contributed by atoms with Gasteiger partial charge >= 0.3 is 0 Å². The molecule has 0 amide bonds. The van der Waals surface area contributed by atoms with E-state index < -0.39 is 0 Å². The van der Waals surface area contributed by atoms with Gasteiger partial charge in [0.2, 0.25) is 4.96 Å².